The van der Waals surface area contributed by atoms with Crippen LogP contribution < -0.4 is 10.6 Å². The lowest BCUT2D eigenvalue weighted by atomic mass is 10.1. The number of nitrogens with zero attached hydrogens (tertiary/aromatic N) is 1. The van der Waals surface area contributed by atoms with Crippen LogP contribution in [-0.4, -0.2) is 48.3 Å². The fourth-order valence-electron chi connectivity index (χ4n) is 2.89. The minimum atomic E-state index is -0.428. The highest BCUT2D eigenvalue weighted by Crippen LogP contribution is 2.17. The van der Waals surface area contributed by atoms with E-state index in [9.17, 15) is 9.90 Å². The fourth-order valence-corrected chi connectivity index (χ4v) is 3.02. The summed E-state index contributed by atoms with van der Waals surface area (Å²) in [4.78, 5) is 14.4. The van der Waals surface area contributed by atoms with Crippen LogP contribution in [0.4, 0.5) is 4.79 Å². The van der Waals surface area contributed by atoms with Gasteiger partial charge in [-0.2, -0.15) is 0 Å². The Morgan fingerprint density at radius 1 is 1.45 bits per heavy atom. The topological polar surface area (TPSA) is 64.6 Å². The largest absolute Gasteiger partial charge is 0.394 e. The first-order valence-electron chi connectivity index (χ1n) is 7.78. The highest BCUT2D eigenvalue weighted by molar-refractivity contribution is 6.30. The van der Waals surface area contributed by atoms with Crippen LogP contribution >= 0.6 is 11.6 Å². The molecule has 122 valence electrons. The molecule has 2 atom stereocenters. The first-order chi connectivity index (χ1) is 10.6. The Morgan fingerprint density at radius 3 is 2.82 bits per heavy atom. The molecule has 0 radical (unpaired) electrons. The molecule has 0 aromatic heterocycles. The lowest BCUT2D eigenvalue weighted by molar-refractivity contribution is 0.210. The number of likely N-dealkylation sites (tertiary alicyclic amines) is 1. The molecule has 0 bridgehead atoms. The number of amides is 2. The maximum absolute atomic E-state index is 12.0. The van der Waals surface area contributed by atoms with Crippen molar-refractivity contribution in [1.82, 2.24) is 15.5 Å². The minimum absolute atomic E-state index is 0.153. The maximum atomic E-state index is 12.0. The Hall–Kier alpha value is -1.30. The van der Waals surface area contributed by atoms with Gasteiger partial charge in [-0.25, -0.2) is 4.79 Å². The number of benzene rings is 1. The number of hydrogen-bond acceptors (Lipinski definition) is 3. The van der Waals surface area contributed by atoms with E-state index >= 15 is 0 Å². The number of rotatable bonds is 6. The van der Waals surface area contributed by atoms with Gasteiger partial charge in [0.1, 0.15) is 0 Å². The van der Waals surface area contributed by atoms with Crippen molar-refractivity contribution >= 4 is 17.6 Å². The van der Waals surface area contributed by atoms with E-state index in [1.54, 1.807) is 24.3 Å². The van der Waals surface area contributed by atoms with Gasteiger partial charge in [0.05, 0.1) is 12.6 Å². The van der Waals surface area contributed by atoms with Crippen LogP contribution in [0.5, 0.6) is 0 Å². The zero-order valence-corrected chi connectivity index (χ0v) is 13.6. The zero-order chi connectivity index (χ0) is 15.9. The van der Waals surface area contributed by atoms with Crippen LogP contribution in [0.25, 0.3) is 0 Å². The molecule has 1 aromatic carbocycles. The highest BCUT2D eigenvalue weighted by atomic mass is 35.5. The van der Waals surface area contributed by atoms with Gasteiger partial charge in [-0.1, -0.05) is 30.7 Å². The Balaban J connectivity index is 1.83. The van der Waals surface area contributed by atoms with Gasteiger partial charge in [-0.15, -0.1) is 0 Å². The molecule has 1 saturated heterocycles. The van der Waals surface area contributed by atoms with Crippen molar-refractivity contribution in [1.29, 1.82) is 0 Å². The lowest BCUT2D eigenvalue weighted by Crippen LogP contribution is -2.45. The van der Waals surface area contributed by atoms with Gasteiger partial charge >= 0.3 is 6.03 Å². The molecule has 5 nitrogen and oxygen atoms in total. The van der Waals surface area contributed by atoms with E-state index in [1.807, 2.05) is 0 Å². The lowest BCUT2D eigenvalue weighted by Gasteiger charge is -2.24. The van der Waals surface area contributed by atoms with E-state index < -0.39 is 6.04 Å². The summed E-state index contributed by atoms with van der Waals surface area (Å²) in [7, 11) is 0. The maximum Gasteiger partial charge on any atom is 0.315 e. The molecule has 2 unspecified atom stereocenters. The van der Waals surface area contributed by atoms with Gasteiger partial charge in [0.25, 0.3) is 0 Å². The first-order valence-corrected chi connectivity index (χ1v) is 8.16. The van der Waals surface area contributed by atoms with Crippen molar-refractivity contribution in [2.24, 2.45) is 0 Å². The number of aliphatic hydroxyl groups is 1. The molecule has 0 aliphatic carbocycles. The van der Waals surface area contributed by atoms with Crippen molar-refractivity contribution in [2.45, 2.75) is 31.8 Å². The molecule has 3 N–H and O–H groups in total. The molecule has 6 heteroatoms. The first kappa shape index (κ1) is 17.1. The third kappa shape index (κ3) is 4.60. The van der Waals surface area contributed by atoms with Gasteiger partial charge < -0.3 is 15.7 Å². The monoisotopic (exact) mass is 325 g/mol. The van der Waals surface area contributed by atoms with E-state index in [2.05, 4.69) is 22.5 Å². The predicted octanol–water partition coefficient (Wildman–Crippen LogP) is 2.16. The van der Waals surface area contributed by atoms with Crippen LogP contribution in [-0.2, 0) is 0 Å². The summed E-state index contributed by atoms with van der Waals surface area (Å²) in [5.74, 6) is 0. The summed E-state index contributed by atoms with van der Waals surface area (Å²) < 4.78 is 0. The van der Waals surface area contributed by atoms with E-state index in [1.165, 1.54) is 6.42 Å². The molecule has 0 saturated carbocycles. The standard InChI is InChI=1S/C16H24ClN3O2/c1-2-20-9-3-4-14(20)10-18-16(22)19-15(11-21)12-5-7-13(17)8-6-12/h5-8,14-15,21H,2-4,9-11H2,1H3,(H2,18,19,22). The van der Waals surface area contributed by atoms with Crippen molar-refractivity contribution in [3.8, 4) is 0 Å². The third-order valence-electron chi connectivity index (χ3n) is 4.16. The third-order valence-corrected chi connectivity index (χ3v) is 4.42. The number of likely N-dealkylation sites (N-methyl/N-ethyl adjacent to an activating group) is 1. The molecule has 22 heavy (non-hydrogen) atoms. The quantitative estimate of drug-likeness (QED) is 0.751. The van der Waals surface area contributed by atoms with Crippen molar-refractivity contribution in [3.05, 3.63) is 34.9 Å². The van der Waals surface area contributed by atoms with Gasteiger partial charge in [0, 0.05) is 17.6 Å². The second-order valence-corrected chi connectivity index (χ2v) is 6.00. The summed E-state index contributed by atoms with van der Waals surface area (Å²) in [6, 6.07) is 6.84. The van der Waals surface area contributed by atoms with Gasteiger partial charge in [-0.3, -0.25) is 4.90 Å². The second kappa shape index (κ2) is 8.36. The van der Waals surface area contributed by atoms with Crippen LogP contribution in [0.3, 0.4) is 0 Å². The second-order valence-electron chi connectivity index (χ2n) is 5.57. The summed E-state index contributed by atoms with van der Waals surface area (Å²) in [5.41, 5.74) is 0.832. The van der Waals surface area contributed by atoms with Gasteiger partial charge in [0.15, 0.2) is 0 Å². The van der Waals surface area contributed by atoms with Crippen LogP contribution in [0, 0.1) is 0 Å². The molecule has 1 aromatic rings. The molecule has 1 fully saturated rings. The number of carbonyl (C=O) groups excluding carboxylic acids is 1. The highest BCUT2D eigenvalue weighted by Gasteiger charge is 2.23. The van der Waals surface area contributed by atoms with Crippen molar-refractivity contribution in [3.63, 3.8) is 0 Å². The van der Waals surface area contributed by atoms with Crippen LogP contribution in [0.1, 0.15) is 31.4 Å². The molecular formula is C16H24ClN3O2. The SMILES string of the molecule is CCN1CCCC1CNC(=O)NC(CO)c1ccc(Cl)cc1. The predicted molar refractivity (Wildman–Crippen MR) is 88.1 cm³/mol. The Morgan fingerprint density at radius 2 is 2.18 bits per heavy atom. The summed E-state index contributed by atoms with van der Waals surface area (Å²) in [6.07, 6.45) is 2.31. The van der Waals surface area contributed by atoms with Gasteiger partial charge in [0.2, 0.25) is 0 Å². The number of urea groups is 1. The van der Waals surface area contributed by atoms with Crippen LogP contribution in [0.2, 0.25) is 5.02 Å². The molecule has 0 spiro atoms. The molecule has 2 amide bonds. The molecule has 1 heterocycles. The normalized spacial score (nSPS) is 19.9. The van der Waals surface area contributed by atoms with Crippen molar-refractivity contribution in [2.75, 3.05) is 26.2 Å². The van der Waals surface area contributed by atoms with E-state index in [0.29, 0.717) is 17.6 Å². The molecule has 1 aliphatic heterocycles. The van der Waals surface area contributed by atoms with Gasteiger partial charge in [-0.05, 0) is 43.6 Å². The summed E-state index contributed by atoms with van der Waals surface area (Å²) in [5, 5.41) is 15.8. The van der Waals surface area contributed by atoms with Crippen molar-refractivity contribution < 1.29 is 9.90 Å². The average molecular weight is 326 g/mol. The number of carbonyl (C=O) groups is 1. The average Bonchev–Trinajstić information content (AvgIpc) is 2.99. The summed E-state index contributed by atoms with van der Waals surface area (Å²) >= 11 is 5.85. The number of hydrogen-bond donors (Lipinski definition) is 3. The van der Waals surface area contributed by atoms with Crippen LogP contribution in [0.15, 0.2) is 24.3 Å². The molecule has 2 rings (SSSR count). The van der Waals surface area contributed by atoms with E-state index in [4.69, 9.17) is 11.6 Å². The Labute approximate surface area is 136 Å². The Kier molecular flexibility index (Phi) is 6.49. The van der Waals surface area contributed by atoms with E-state index in [-0.39, 0.29) is 12.6 Å². The fraction of sp³-hybridized carbons (Fsp3) is 0.562. The minimum Gasteiger partial charge on any atom is -0.394 e. The number of nitrogens with one attached hydrogen (secondary N) is 2. The zero-order valence-electron chi connectivity index (χ0n) is 12.9. The smallest absolute Gasteiger partial charge is 0.315 e. The summed E-state index contributed by atoms with van der Waals surface area (Å²) in [6.45, 7) is 4.74. The molecule has 1 aliphatic rings. The Bertz CT molecular complexity index is 481. The number of aliphatic hydroxyl groups excluding tert-OH is 1. The van der Waals surface area contributed by atoms with E-state index in [0.717, 1.165) is 25.1 Å². The number of halogens is 1. The molecular weight excluding hydrogens is 302 g/mol.